The number of hydrogen-bond acceptors (Lipinski definition) is 2. The van der Waals surface area contributed by atoms with Crippen LogP contribution in [0.3, 0.4) is 0 Å². The number of para-hydroxylation sites is 1. The summed E-state index contributed by atoms with van der Waals surface area (Å²) < 4.78 is 13.5. The molecule has 0 unspecified atom stereocenters. The van der Waals surface area contributed by atoms with E-state index in [1.807, 2.05) is 6.20 Å². The van der Waals surface area contributed by atoms with Gasteiger partial charge in [0.05, 0.1) is 28.1 Å². The van der Waals surface area contributed by atoms with Crippen molar-refractivity contribution in [3.8, 4) is 39.8 Å². The minimum atomic E-state index is -0.147. The number of nitrogens with zero attached hydrogens (tertiary/aromatic N) is 4. The molecule has 0 radical (unpaired) electrons. The quantitative estimate of drug-likeness (QED) is 0.113. The van der Waals surface area contributed by atoms with Crippen LogP contribution in [0.15, 0.2) is 128 Å². The van der Waals surface area contributed by atoms with Crippen molar-refractivity contribution in [2.75, 3.05) is 0 Å². The third-order valence-corrected chi connectivity index (χ3v) is 12.0. The van der Waals surface area contributed by atoms with Crippen LogP contribution >= 0.6 is 0 Å². The zero-order chi connectivity index (χ0) is 43.6. The van der Waals surface area contributed by atoms with E-state index in [1.54, 1.807) is 0 Å². The van der Waals surface area contributed by atoms with Crippen LogP contribution in [0.4, 0.5) is 0 Å². The fraction of sp³-hybridized carbons (Fsp3) is 0.321. The third kappa shape index (κ3) is 8.15. The number of imidazole rings is 1. The summed E-state index contributed by atoms with van der Waals surface area (Å²) in [4.78, 5) is 4.89. The number of ether oxygens (including phenoxy) is 1. The Kier molecular flexibility index (Phi) is 10.6. The van der Waals surface area contributed by atoms with E-state index < -0.39 is 0 Å². The van der Waals surface area contributed by atoms with Crippen LogP contribution in [0.1, 0.15) is 130 Å². The molecule has 0 amide bonds. The number of pyridine rings is 1. The lowest BCUT2D eigenvalue weighted by Gasteiger charge is -2.22. The van der Waals surface area contributed by atoms with Gasteiger partial charge in [0.25, 0.3) is 6.33 Å². The van der Waals surface area contributed by atoms with Crippen molar-refractivity contribution in [3.63, 3.8) is 0 Å². The molecule has 312 valence electrons. The summed E-state index contributed by atoms with van der Waals surface area (Å²) in [7, 11) is 0. The molecular weight excluding hydrogens is 745 g/mol. The Morgan fingerprint density at radius 2 is 1.25 bits per heavy atom. The topological polar surface area (TPSA) is 35.9 Å². The van der Waals surface area contributed by atoms with Crippen LogP contribution in [0.5, 0.6) is 11.5 Å². The molecule has 0 N–H and O–H groups in total. The zero-order valence-corrected chi connectivity index (χ0v) is 38.5. The monoisotopic (exact) mass is 806 g/mol. The van der Waals surface area contributed by atoms with Crippen molar-refractivity contribution in [2.45, 2.75) is 118 Å². The highest BCUT2D eigenvalue weighted by atomic mass is 16.5. The Hall–Kier alpha value is -5.94. The predicted octanol–water partition coefficient (Wildman–Crippen LogP) is 14.6. The van der Waals surface area contributed by atoms with Crippen LogP contribution < -0.4 is 9.30 Å². The first-order valence-corrected chi connectivity index (χ1v) is 21.9. The van der Waals surface area contributed by atoms with Gasteiger partial charge in [-0.2, -0.15) is 0 Å². The number of rotatable bonds is 8. The van der Waals surface area contributed by atoms with Gasteiger partial charge < -0.3 is 4.74 Å². The van der Waals surface area contributed by atoms with Gasteiger partial charge in [-0.1, -0.05) is 139 Å². The van der Waals surface area contributed by atoms with Crippen LogP contribution in [0.25, 0.3) is 50.1 Å². The van der Waals surface area contributed by atoms with E-state index >= 15 is 0 Å². The molecule has 0 aliphatic carbocycles. The highest BCUT2D eigenvalue weighted by molar-refractivity contribution is 6.09. The van der Waals surface area contributed by atoms with Crippen LogP contribution in [0, 0.1) is 6.33 Å². The minimum Gasteiger partial charge on any atom is -0.458 e. The number of hydrogen-bond donors (Lipinski definition) is 0. The summed E-state index contributed by atoms with van der Waals surface area (Å²) >= 11 is 0. The second kappa shape index (κ2) is 15.5. The van der Waals surface area contributed by atoms with Gasteiger partial charge in [-0.15, -0.1) is 0 Å². The summed E-state index contributed by atoms with van der Waals surface area (Å²) in [6.07, 6.45) is 7.91. The van der Waals surface area contributed by atoms with Crippen molar-refractivity contribution < 1.29 is 9.30 Å². The van der Waals surface area contributed by atoms with Crippen molar-refractivity contribution in [1.29, 1.82) is 0 Å². The first-order chi connectivity index (χ1) is 28.8. The molecule has 0 saturated heterocycles. The molecule has 0 bridgehead atoms. The average Bonchev–Trinajstić information content (AvgIpc) is 3.81. The molecule has 61 heavy (non-hydrogen) atoms. The maximum absolute atomic E-state index is 6.88. The van der Waals surface area contributed by atoms with E-state index in [4.69, 9.17) is 9.72 Å². The summed E-state index contributed by atoms with van der Waals surface area (Å²) in [5, 5.41) is 2.35. The van der Waals surface area contributed by atoms with Gasteiger partial charge in [0.2, 0.25) is 0 Å². The Morgan fingerprint density at radius 3 is 1.89 bits per heavy atom. The second-order valence-electron chi connectivity index (χ2n) is 20.5. The largest absolute Gasteiger partial charge is 0.458 e. The van der Waals surface area contributed by atoms with Crippen molar-refractivity contribution in [2.24, 2.45) is 0 Å². The van der Waals surface area contributed by atoms with E-state index in [1.165, 1.54) is 38.8 Å². The lowest BCUT2D eigenvalue weighted by Crippen LogP contribution is -2.38. The summed E-state index contributed by atoms with van der Waals surface area (Å²) in [6.45, 7) is 29.4. The number of fused-ring (bicyclic) bond motifs is 3. The van der Waals surface area contributed by atoms with Crippen LogP contribution in [-0.4, -0.2) is 14.1 Å². The highest BCUT2D eigenvalue weighted by Gasteiger charge is 2.25. The summed E-state index contributed by atoms with van der Waals surface area (Å²) in [5.41, 5.74) is 12.9. The molecule has 0 fully saturated rings. The van der Waals surface area contributed by atoms with Crippen molar-refractivity contribution in [3.05, 3.63) is 162 Å². The molecule has 3 heterocycles. The minimum absolute atomic E-state index is 0.00693. The van der Waals surface area contributed by atoms with Crippen LogP contribution in [-0.2, 0) is 16.2 Å². The SMILES string of the molecule is CC(C)c1cccc(C(C)C)c1-c1ccc(-[n+]2[c-]n(-c3cc(Oc4ccc5c6ccccc6n(-c6cc(C(C)(C)C)ccn6)c5c4)cc(C(C)(C)C)c3)cc2C(C)(C)C)cc1. The van der Waals surface area contributed by atoms with Gasteiger partial charge in [-0.05, 0) is 122 Å². The van der Waals surface area contributed by atoms with Gasteiger partial charge in [0.1, 0.15) is 17.3 Å². The van der Waals surface area contributed by atoms with Gasteiger partial charge in [0, 0.05) is 29.2 Å². The van der Waals surface area contributed by atoms with E-state index in [2.05, 4.69) is 231 Å². The van der Waals surface area contributed by atoms with E-state index in [-0.39, 0.29) is 16.2 Å². The Morgan fingerprint density at radius 1 is 0.590 bits per heavy atom. The molecule has 3 aromatic heterocycles. The highest BCUT2D eigenvalue weighted by Crippen LogP contribution is 2.39. The molecule has 5 heteroatoms. The normalized spacial score (nSPS) is 12.6. The Bertz CT molecular complexity index is 2860. The Balaban J connectivity index is 1.21. The molecule has 0 saturated carbocycles. The average molecular weight is 807 g/mol. The van der Waals surface area contributed by atoms with E-state index in [0.717, 1.165) is 50.8 Å². The van der Waals surface area contributed by atoms with Gasteiger partial charge in [0.15, 0.2) is 0 Å². The maximum atomic E-state index is 6.88. The molecule has 8 aromatic rings. The molecule has 0 aliphatic rings. The Labute approximate surface area is 363 Å². The lowest BCUT2D eigenvalue weighted by molar-refractivity contribution is -0.611. The van der Waals surface area contributed by atoms with Crippen molar-refractivity contribution in [1.82, 2.24) is 14.1 Å². The molecule has 0 spiro atoms. The molecule has 5 nitrogen and oxygen atoms in total. The van der Waals surface area contributed by atoms with Crippen LogP contribution in [0.2, 0.25) is 0 Å². The first-order valence-electron chi connectivity index (χ1n) is 21.9. The second-order valence-corrected chi connectivity index (χ2v) is 20.5. The number of benzene rings is 5. The molecule has 0 atom stereocenters. The fourth-order valence-corrected chi connectivity index (χ4v) is 8.51. The summed E-state index contributed by atoms with van der Waals surface area (Å²) in [5.74, 6) is 3.30. The predicted molar refractivity (Wildman–Crippen MR) is 255 cm³/mol. The maximum Gasteiger partial charge on any atom is 0.269 e. The molecule has 5 aromatic carbocycles. The van der Waals surface area contributed by atoms with E-state index in [9.17, 15) is 0 Å². The van der Waals surface area contributed by atoms with Gasteiger partial charge >= 0.3 is 0 Å². The smallest absolute Gasteiger partial charge is 0.269 e. The number of aromatic nitrogens is 4. The first kappa shape index (κ1) is 41.8. The molecular formula is C56H62N4O. The fourth-order valence-electron chi connectivity index (χ4n) is 8.51. The molecule has 0 aliphatic heterocycles. The van der Waals surface area contributed by atoms with Gasteiger partial charge in [-0.25, -0.2) is 4.98 Å². The zero-order valence-electron chi connectivity index (χ0n) is 38.5. The third-order valence-electron chi connectivity index (χ3n) is 12.0. The van der Waals surface area contributed by atoms with Crippen molar-refractivity contribution >= 4 is 21.8 Å². The van der Waals surface area contributed by atoms with E-state index in [0.29, 0.717) is 11.8 Å². The standard InChI is InChI=1S/C56H62N4O/c1-36(2)45-18-16-19-46(37(3)4)53(45)38-21-23-41(24-22-38)59-35-58(34-51(59)56(11,12)13)42-29-40(55(8,9)10)30-44(32-42)61-43-25-26-48-47-17-14-15-20-49(47)60(50(48)33-43)52-31-39(27-28-57-52)54(5,6)7/h14-34,36-37H,1-13H3. The summed E-state index contributed by atoms with van der Waals surface area (Å²) in [6, 6.07) is 41.8. The molecule has 8 rings (SSSR count). The lowest BCUT2D eigenvalue weighted by atomic mass is 9.85. The van der Waals surface area contributed by atoms with Gasteiger partial charge in [-0.3, -0.25) is 13.7 Å².